The Morgan fingerprint density at radius 2 is 2.09 bits per heavy atom. The average molecular weight is 306 g/mol. The van der Waals surface area contributed by atoms with Crippen molar-refractivity contribution >= 4 is 5.91 Å². The SMILES string of the molecule is CCc1n[nH]c(=O)c(C(=O)N2CCC(N)C(C)(C)C2)c1CC. The minimum atomic E-state index is -0.397. The predicted octanol–water partition coefficient (Wildman–Crippen LogP) is 1.09. The Bertz CT molecular complexity index is 621. The van der Waals surface area contributed by atoms with Crippen LogP contribution in [-0.4, -0.2) is 40.1 Å². The lowest BCUT2D eigenvalue weighted by Gasteiger charge is -2.42. The topological polar surface area (TPSA) is 92.1 Å². The summed E-state index contributed by atoms with van der Waals surface area (Å²) in [6.07, 6.45) is 2.07. The molecule has 0 saturated carbocycles. The molecular formula is C16H26N4O2. The molecule has 1 amide bonds. The maximum atomic E-state index is 12.9. The molecule has 22 heavy (non-hydrogen) atoms. The number of aromatic amines is 1. The summed E-state index contributed by atoms with van der Waals surface area (Å²) in [5.41, 5.74) is 7.40. The van der Waals surface area contributed by atoms with Crippen LogP contribution < -0.4 is 11.3 Å². The Balaban J connectivity index is 2.40. The molecule has 0 radical (unpaired) electrons. The Labute approximate surface area is 131 Å². The number of H-pyrrole nitrogens is 1. The largest absolute Gasteiger partial charge is 0.338 e. The summed E-state index contributed by atoms with van der Waals surface area (Å²) < 4.78 is 0. The zero-order valence-corrected chi connectivity index (χ0v) is 13.9. The van der Waals surface area contributed by atoms with E-state index in [2.05, 4.69) is 24.0 Å². The molecule has 6 nitrogen and oxygen atoms in total. The van der Waals surface area contributed by atoms with Crippen molar-refractivity contribution < 1.29 is 4.79 Å². The molecule has 0 aliphatic carbocycles. The average Bonchev–Trinajstić information content (AvgIpc) is 2.48. The molecule has 6 heteroatoms. The van der Waals surface area contributed by atoms with Gasteiger partial charge in [0, 0.05) is 19.1 Å². The van der Waals surface area contributed by atoms with Crippen molar-refractivity contribution in [2.24, 2.45) is 11.1 Å². The van der Waals surface area contributed by atoms with E-state index in [0.29, 0.717) is 25.9 Å². The van der Waals surface area contributed by atoms with Crippen LogP contribution in [0.1, 0.15) is 55.7 Å². The van der Waals surface area contributed by atoms with Crippen LogP contribution in [0.2, 0.25) is 0 Å². The lowest BCUT2D eigenvalue weighted by molar-refractivity contribution is 0.0529. The van der Waals surface area contributed by atoms with E-state index in [-0.39, 0.29) is 22.9 Å². The van der Waals surface area contributed by atoms with Crippen molar-refractivity contribution in [2.45, 2.75) is 53.0 Å². The van der Waals surface area contributed by atoms with E-state index in [1.54, 1.807) is 4.90 Å². The smallest absolute Gasteiger partial charge is 0.277 e. The van der Waals surface area contributed by atoms with E-state index in [1.165, 1.54) is 0 Å². The Kier molecular flexibility index (Phi) is 4.70. The second-order valence-electron chi connectivity index (χ2n) is 6.67. The number of likely N-dealkylation sites (tertiary alicyclic amines) is 1. The maximum Gasteiger partial charge on any atom is 0.277 e. The highest BCUT2D eigenvalue weighted by Gasteiger charge is 2.36. The van der Waals surface area contributed by atoms with Crippen molar-refractivity contribution in [3.8, 4) is 0 Å². The minimum absolute atomic E-state index is 0.0733. The maximum absolute atomic E-state index is 12.9. The van der Waals surface area contributed by atoms with Crippen LogP contribution in [0.5, 0.6) is 0 Å². The fourth-order valence-electron chi connectivity index (χ4n) is 3.13. The number of nitrogens with one attached hydrogen (secondary N) is 1. The van der Waals surface area contributed by atoms with Gasteiger partial charge in [0.25, 0.3) is 11.5 Å². The van der Waals surface area contributed by atoms with Gasteiger partial charge < -0.3 is 10.6 Å². The molecule has 1 saturated heterocycles. The van der Waals surface area contributed by atoms with Crippen molar-refractivity contribution in [3.63, 3.8) is 0 Å². The fourth-order valence-corrected chi connectivity index (χ4v) is 3.13. The number of hydrogen-bond acceptors (Lipinski definition) is 4. The summed E-state index contributed by atoms with van der Waals surface area (Å²) in [4.78, 5) is 26.8. The van der Waals surface area contributed by atoms with E-state index in [9.17, 15) is 9.59 Å². The van der Waals surface area contributed by atoms with Crippen LogP contribution >= 0.6 is 0 Å². The Morgan fingerprint density at radius 1 is 1.41 bits per heavy atom. The van der Waals surface area contributed by atoms with Gasteiger partial charge in [0.2, 0.25) is 0 Å². The van der Waals surface area contributed by atoms with Gasteiger partial charge in [-0.1, -0.05) is 27.7 Å². The van der Waals surface area contributed by atoms with Gasteiger partial charge in [0.15, 0.2) is 0 Å². The molecule has 2 rings (SSSR count). The highest BCUT2D eigenvalue weighted by Crippen LogP contribution is 2.28. The molecule has 1 aliphatic heterocycles. The van der Waals surface area contributed by atoms with Crippen molar-refractivity contribution in [1.82, 2.24) is 15.1 Å². The van der Waals surface area contributed by atoms with Gasteiger partial charge in [0.05, 0.1) is 5.69 Å². The Morgan fingerprint density at radius 3 is 2.64 bits per heavy atom. The predicted molar refractivity (Wildman–Crippen MR) is 85.9 cm³/mol. The third-order valence-electron chi connectivity index (χ3n) is 4.67. The lowest BCUT2D eigenvalue weighted by atomic mass is 9.79. The molecule has 1 fully saturated rings. The number of rotatable bonds is 3. The summed E-state index contributed by atoms with van der Waals surface area (Å²) in [6.45, 7) is 9.20. The molecule has 1 aromatic rings. The normalized spacial score (nSPS) is 21.0. The van der Waals surface area contributed by atoms with Crippen LogP contribution in [0.25, 0.3) is 0 Å². The number of aryl methyl sites for hydroxylation is 1. The first-order chi connectivity index (χ1) is 10.3. The molecule has 0 aromatic carbocycles. The Hall–Kier alpha value is -1.69. The van der Waals surface area contributed by atoms with Crippen LogP contribution in [-0.2, 0) is 12.8 Å². The molecule has 2 heterocycles. The number of carbonyl (C=O) groups is 1. The summed E-state index contributed by atoms with van der Waals surface area (Å²) in [6, 6.07) is 0.0733. The first-order valence-corrected chi connectivity index (χ1v) is 7.97. The third kappa shape index (κ3) is 2.92. The number of piperidine rings is 1. The minimum Gasteiger partial charge on any atom is -0.338 e. The molecular weight excluding hydrogens is 280 g/mol. The lowest BCUT2D eigenvalue weighted by Crippen LogP contribution is -2.54. The van der Waals surface area contributed by atoms with Crippen molar-refractivity contribution in [3.05, 3.63) is 27.2 Å². The highest BCUT2D eigenvalue weighted by atomic mass is 16.2. The first kappa shape index (κ1) is 16.7. The summed E-state index contributed by atoms with van der Waals surface area (Å²) in [5.74, 6) is -0.199. The van der Waals surface area contributed by atoms with E-state index >= 15 is 0 Å². The summed E-state index contributed by atoms with van der Waals surface area (Å²) in [5, 5.41) is 6.53. The molecule has 122 valence electrons. The number of amides is 1. The quantitative estimate of drug-likeness (QED) is 0.874. The van der Waals surface area contributed by atoms with Gasteiger partial charge in [-0.25, -0.2) is 5.10 Å². The van der Waals surface area contributed by atoms with Gasteiger partial charge in [-0.2, -0.15) is 5.10 Å². The van der Waals surface area contributed by atoms with Gasteiger partial charge in [-0.05, 0) is 30.2 Å². The van der Waals surface area contributed by atoms with E-state index in [0.717, 1.165) is 17.7 Å². The molecule has 0 bridgehead atoms. The highest BCUT2D eigenvalue weighted by molar-refractivity contribution is 5.95. The second-order valence-corrected chi connectivity index (χ2v) is 6.67. The standard InChI is InChI=1S/C16H26N4O2/c1-5-10-11(6-2)18-19-14(21)13(10)15(22)20-8-7-12(17)16(3,4)9-20/h12H,5-9,17H2,1-4H3,(H,19,21). The fraction of sp³-hybridized carbons (Fsp3) is 0.688. The summed E-state index contributed by atoms with van der Waals surface area (Å²) in [7, 11) is 0. The first-order valence-electron chi connectivity index (χ1n) is 7.97. The van der Waals surface area contributed by atoms with Gasteiger partial charge in [0.1, 0.15) is 5.56 Å². The van der Waals surface area contributed by atoms with Crippen LogP contribution in [0, 0.1) is 5.41 Å². The molecule has 0 spiro atoms. The summed E-state index contributed by atoms with van der Waals surface area (Å²) >= 11 is 0. The third-order valence-corrected chi connectivity index (χ3v) is 4.67. The molecule has 1 aromatic heterocycles. The number of hydrogen-bond donors (Lipinski definition) is 2. The van der Waals surface area contributed by atoms with E-state index in [4.69, 9.17) is 5.73 Å². The van der Waals surface area contributed by atoms with E-state index in [1.807, 2.05) is 13.8 Å². The van der Waals surface area contributed by atoms with Gasteiger partial charge in [-0.15, -0.1) is 0 Å². The zero-order valence-electron chi connectivity index (χ0n) is 13.9. The second kappa shape index (κ2) is 6.20. The van der Waals surface area contributed by atoms with Crippen LogP contribution in [0.3, 0.4) is 0 Å². The number of carbonyl (C=O) groups excluding carboxylic acids is 1. The number of nitrogens with two attached hydrogens (primary N) is 1. The van der Waals surface area contributed by atoms with Crippen molar-refractivity contribution in [2.75, 3.05) is 13.1 Å². The number of aromatic nitrogens is 2. The molecule has 1 aliphatic rings. The van der Waals surface area contributed by atoms with Crippen LogP contribution in [0.4, 0.5) is 0 Å². The van der Waals surface area contributed by atoms with Crippen LogP contribution in [0.15, 0.2) is 4.79 Å². The van der Waals surface area contributed by atoms with E-state index < -0.39 is 5.56 Å². The number of nitrogens with zero attached hydrogens (tertiary/aromatic N) is 2. The molecule has 3 N–H and O–H groups in total. The molecule has 1 atom stereocenters. The van der Waals surface area contributed by atoms with Gasteiger partial charge in [-0.3, -0.25) is 9.59 Å². The monoisotopic (exact) mass is 306 g/mol. The molecule has 1 unspecified atom stereocenters. The zero-order chi connectivity index (χ0) is 16.5. The van der Waals surface area contributed by atoms with Crippen molar-refractivity contribution in [1.29, 1.82) is 0 Å². The van der Waals surface area contributed by atoms with Gasteiger partial charge >= 0.3 is 0 Å².